The van der Waals surface area contributed by atoms with Crippen LogP contribution in [-0.4, -0.2) is 21.3 Å². The quantitative estimate of drug-likeness (QED) is 0.943. The van der Waals surface area contributed by atoms with Crippen LogP contribution in [-0.2, 0) is 12.0 Å². The zero-order chi connectivity index (χ0) is 15.6. The van der Waals surface area contributed by atoms with Crippen molar-refractivity contribution in [2.24, 2.45) is 0 Å². The Kier molecular flexibility index (Phi) is 4.46. The van der Waals surface area contributed by atoms with Crippen molar-refractivity contribution in [3.05, 3.63) is 27.5 Å². The van der Waals surface area contributed by atoms with Gasteiger partial charge in [0.05, 0.1) is 17.0 Å². The van der Waals surface area contributed by atoms with Gasteiger partial charge in [-0.3, -0.25) is 4.79 Å². The van der Waals surface area contributed by atoms with Crippen LogP contribution < -0.4 is 10.9 Å². The van der Waals surface area contributed by atoms with Crippen molar-refractivity contribution in [3.8, 4) is 11.3 Å². The predicted molar refractivity (Wildman–Crippen MR) is 88.1 cm³/mol. The van der Waals surface area contributed by atoms with Crippen LogP contribution in [0.4, 0.5) is 5.13 Å². The van der Waals surface area contributed by atoms with E-state index in [0.717, 1.165) is 23.1 Å². The second-order valence-electron chi connectivity index (χ2n) is 5.88. The largest absolute Gasteiger partial charge is 0.362 e. The maximum atomic E-state index is 12.5. The van der Waals surface area contributed by atoms with Gasteiger partial charge < -0.3 is 5.32 Å². The molecule has 6 heteroatoms. The van der Waals surface area contributed by atoms with Gasteiger partial charge in [0.15, 0.2) is 5.13 Å². The number of anilines is 1. The van der Waals surface area contributed by atoms with E-state index in [-0.39, 0.29) is 11.0 Å². The lowest BCUT2D eigenvalue weighted by atomic mass is 9.91. The Morgan fingerprint density at radius 1 is 1.33 bits per heavy atom. The summed E-state index contributed by atoms with van der Waals surface area (Å²) in [4.78, 5) is 17.0. The van der Waals surface area contributed by atoms with Gasteiger partial charge >= 0.3 is 0 Å². The van der Waals surface area contributed by atoms with Gasteiger partial charge in [0.25, 0.3) is 5.56 Å². The van der Waals surface area contributed by atoms with Gasteiger partial charge in [0.2, 0.25) is 0 Å². The molecule has 0 atom stereocenters. The summed E-state index contributed by atoms with van der Waals surface area (Å²) in [7, 11) is 0. The number of aryl methyl sites for hydroxylation is 1. The molecule has 114 valence electrons. The van der Waals surface area contributed by atoms with Gasteiger partial charge in [-0.2, -0.15) is 5.10 Å². The van der Waals surface area contributed by atoms with E-state index in [4.69, 9.17) is 0 Å². The van der Waals surface area contributed by atoms with Crippen LogP contribution in [0.1, 0.15) is 40.3 Å². The van der Waals surface area contributed by atoms with E-state index in [9.17, 15) is 4.79 Å². The first kappa shape index (κ1) is 15.7. The molecule has 1 N–H and O–H groups in total. The summed E-state index contributed by atoms with van der Waals surface area (Å²) in [5.74, 6) is 0. The second-order valence-corrected chi connectivity index (χ2v) is 6.74. The van der Waals surface area contributed by atoms with Crippen LogP contribution >= 0.6 is 11.3 Å². The third-order valence-corrected chi connectivity index (χ3v) is 3.95. The molecule has 2 aromatic rings. The minimum Gasteiger partial charge on any atom is -0.362 e. The van der Waals surface area contributed by atoms with Gasteiger partial charge in [-0.25, -0.2) is 9.67 Å². The first-order chi connectivity index (χ1) is 9.86. The standard InChI is InChI=1S/C15H22N4OS/c1-6-16-14-17-11(9-21-14)10-8-12(15(3,4)5)18-19(7-2)13(10)20/h8-9H,6-7H2,1-5H3,(H,16,17). The highest BCUT2D eigenvalue weighted by Gasteiger charge is 2.20. The molecule has 0 radical (unpaired) electrons. The van der Waals surface area contributed by atoms with Gasteiger partial charge in [-0.05, 0) is 19.9 Å². The van der Waals surface area contributed by atoms with Gasteiger partial charge in [-0.15, -0.1) is 11.3 Å². The zero-order valence-electron chi connectivity index (χ0n) is 13.2. The van der Waals surface area contributed by atoms with E-state index >= 15 is 0 Å². The SMILES string of the molecule is CCNc1nc(-c2cc(C(C)(C)C)nn(CC)c2=O)cs1. The van der Waals surface area contributed by atoms with Crippen LogP contribution in [0.2, 0.25) is 0 Å². The summed E-state index contributed by atoms with van der Waals surface area (Å²) in [5.41, 5.74) is 2.05. The van der Waals surface area contributed by atoms with E-state index in [1.54, 1.807) is 0 Å². The topological polar surface area (TPSA) is 59.8 Å². The Morgan fingerprint density at radius 3 is 2.62 bits per heavy atom. The van der Waals surface area contributed by atoms with E-state index in [2.05, 4.69) is 36.2 Å². The summed E-state index contributed by atoms with van der Waals surface area (Å²) in [6.45, 7) is 11.6. The lowest BCUT2D eigenvalue weighted by Gasteiger charge is -2.19. The molecule has 0 amide bonds. The number of nitrogens with one attached hydrogen (secondary N) is 1. The molecule has 21 heavy (non-hydrogen) atoms. The number of thiazole rings is 1. The number of aromatic nitrogens is 3. The first-order valence-corrected chi connectivity index (χ1v) is 8.07. The molecule has 2 rings (SSSR count). The molecule has 0 aliphatic heterocycles. The summed E-state index contributed by atoms with van der Waals surface area (Å²) in [6.07, 6.45) is 0. The molecule has 0 bridgehead atoms. The maximum Gasteiger partial charge on any atom is 0.276 e. The second kappa shape index (κ2) is 5.97. The lowest BCUT2D eigenvalue weighted by molar-refractivity contribution is 0.512. The monoisotopic (exact) mass is 306 g/mol. The van der Waals surface area contributed by atoms with Crippen molar-refractivity contribution >= 4 is 16.5 Å². The van der Waals surface area contributed by atoms with Crippen LogP contribution in [0.25, 0.3) is 11.3 Å². The van der Waals surface area contributed by atoms with Crippen molar-refractivity contribution in [3.63, 3.8) is 0 Å². The highest BCUT2D eigenvalue weighted by Crippen LogP contribution is 2.26. The number of hydrogen-bond acceptors (Lipinski definition) is 5. The first-order valence-electron chi connectivity index (χ1n) is 7.19. The fourth-order valence-corrected chi connectivity index (χ4v) is 2.72. The highest BCUT2D eigenvalue weighted by molar-refractivity contribution is 7.14. The minimum absolute atomic E-state index is 0.0844. The smallest absolute Gasteiger partial charge is 0.276 e. The maximum absolute atomic E-state index is 12.5. The molecule has 0 fully saturated rings. The number of hydrogen-bond donors (Lipinski definition) is 1. The van der Waals surface area contributed by atoms with Crippen molar-refractivity contribution in [2.75, 3.05) is 11.9 Å². The van der Waals surface area contributed by atoms with E-state index in [0.29, 0.717) is 12.1 Å². The van der Waals surface area contributed by atoms with Crippen molar-refractivity contribution < 1.29 is 0 Å². The van der Waals surface area contributed by atoms with E-state index in [1.165, 1.54) is 16.0 Å². The Balaban J connectivity index is 2.58. The Hall–Kier alpha value is -1.69. The molecule has 0 saturated carbocycles. The molecule has 0 aliphatic rings. The molecular weight excluding hydrogens is 284 g/mol. The van der Waals surface area contributed by atoms with E-state index < -0.39 is 0 Å². The highest BCUT2D eigenvalue weighted by atomic mass is 32.1. The van der Waals surface area contributed by atoms with Gasteiger partial charge in [0.1, 0.15) is 0 Å². The van der Waals surface area contributed by atoms with Crippen molar-refractivity contribution in [2.45, 2.75) is 46.6 Å². The lowest BCUT2D eigenvalue weighted by Crippen LogP contribution is -2.28. The Bertz CT molecular complexity index is 682. The zero-order valence-corrected chi connectivity index (χ0v) is 14.0. The third-order valence-electron chi connectivity index (χ3n) is 3.15. The van der Waals surface area contributed by atoms with Crippen LogP contribution in [0, 0.1) is 0 Å². The van der Waals surface area contributed by atoms with Crippen molar-refractivity contribution in [1.82, 2.24) is 14.8 Å². The molecule has 0 unspecified atom stereocenters. The molecular formula is C15H22N4OS. The molecule has 0 aliphatic carbocycles. The van der Waals surface area contributed by atoms with Gasteiger partial charge in [-0.1, -0.05) is 20.8 Å². The average Bonchev–Trinajstić information content (AvgIpc) is 2.86. The fourth-order valence-electron chi connectivity index (χ4n) is 1.94. The summed E-state index contributed by atoms with van der Waals surface area (Å²) >= 11 is 1.51. The molecule has 5 nitrogen and oxygen atoms in total. The van der Waals surface area contributed by atoms with Crippen LogP contribution in [0.5, 0.6) is 0 Å². The fraction of sp³-hybridized carbons (Fsp3) is 0.533. The average molecular weight is 306 g/mol. The normalized spacial score (nSPS) is 11.7. The van der Waals surface area contributed by atoms with Gasteiger partial charge in [0, 0.05) is 23.9 Å². The summed E-state index contributed by atoms with van der Waals surface area (Å²) in [6, 6.07) is 1.87. The molecule has 0 saturated heterocycles. The van der Waals surface area contributed by atoms with Crippen LogP contribution in [0.3, 0.4) is 0 Å². The molecule has 0 aromatic carbocycles. The Morgan fingerprint density at radius 2 is 2.05 bits per heavy atom. The number of rotatable bonds is 4. The van der Waals surface area contributed by atoms with E-state index in [1.807, 2.05) is 25.3 Å². The minimum atomic E-state index is -0.111. The molecule has 2 aromatic heterocycles. The molecule has 0 spiro atoms. The Labute approximate surface area is 129 Å². The predicted octanol–water partition coefficient (Wildman–Crippen LogP) is 3.12. The van der Waals surface area contributed by atoms with Crippen molar-refractivity contribution in [1.29, 1.82) is 0 Å². The molecule has 2 heterocycles. The summed E-state index contributed by atoms with van der Waals surface area (Å²) in [5, 5.41) is 10.4. The number of nitrogens with zero attached hydrogens (tertiary/aromatic N) is 3. The van der Waals surface area contributed by atoms with Crippen LogP contribution in [0.15, 0.2) is 16.2 Å². The third kappa shape index (κ3) is 3.32. The summed E-state index contributed by atoms with van der Waals surface area (Å²) < 4.78 is 1.52.